The van der Waals surface area contributed by atoms with Gasteiger partial charge < -0.3 is 15.2 Å². The van der Waals surface area contributed by atoms with E-state index >= 15 is 0 Å². The largest absolute Gasteiger partial charge is 0.493 e. The van der Waals surface area contributed by atoms with Crippen molar-refractivity contribution in [3.05, 3.63) is 32.8 Å². The predicted octanol–water partition coefficient (Wildman–Crippen LogP) is 2.19. The number of carbonyl (C=O) groups is 1. The van der Waals surface area contributed by atoms with Gasteiger partial charge in [0.1, 0.15) is 11.8 Å². The Morgan fingerprint density at radius 3 is 2.80 bits per heavy atom. The monoisotopic (exact) mass is 346 g/mol. The van der Waals surface area contributed by atoms with Crippen LogP contribution in [0.4, 0.5) is 5.69 Å². The Morgan fingerprint density at radius 1 is 1.55 bits per heavy atom. The minimum Gasteiger partial charge on any atom is -0.493 e. The summed E-state index contributed by atoms with van der Waals surface area (Å²) in [6.07, 6.45) is 0.267. The van der Waals surface area contributed by atoms with Crippen molar-refractivity contribution in [2.75, 3.05) is 13.2 Å². The highest BCUT2D eigenvalue weighted by atomic mass is 79.9. The molecule has 2 N–H and O–H groups in total. The molecule has 0 fully saturated rings. The van der Waals surface area contributed by atoms with Crippen LogP contribution in [0.15, 0.2) is 22.7 Å². The molecule has 1 unspecified atom stereocenters. The number of hydrogen-bond donors (Lipinski definition) is 2. The molecule has 0 heterocycles. The Hall–Kier alpha value is -1.67. The number of nitrogens with zero attached hydrogens (tertiary/aromatic N) is 1. The van der Waals surface area contributed by atoms with Crippen molar-refractivity contribution in [1.29, 1.82) is 0 Å². The summed E-state index contributed by atoms with van der Waals surface area (Å²) in [7, 11) is 0. The zero-order chi connectivity index (χ0) is 15.1. The van der Waals surface area contributed by atoms with Crippen molar-refractivity contribution in [2.45, 2.75) is 19.4 Å². The average molecular weight is 347 g/mol. The zero-order valence-electron chi connectivity index (χ0n) is 10.8. The number of halogens is 1. The second kappa shape index (κ2) is 7.81. The van der Waals surface area contributed by atoms with Gasteiger partial charge in [-0.15, -0.1) is 0 Å². The van der Waals surface area contributed by atoms with Gasteiger partial charge in [0.2, 0.25) is 0 Å². The van der Waals surface area contributed by atoms with Crippen LogP contribution in [0.3, 0.4) is 0 Å². The first-order valence-electron chi connectivity index (χ1n) is 5.98. The van der Waals surface area contributed by atoms with Gasteiger partial charge in [0.05, 0.1) is 17.6 Å². The quantitative estimate of drug-likeness (QED) is 0.552. The molecule has 0 aromatic heterocycles. The van der Waals surface area contributed by atoms with E-state index in [1.807, 2.05) is 6.92 Å². The first-order valence-corrected chi connectivity index (χ1v) is 6.77. The second-order valence-corrected chi connectivity index (χ2v) is 4.90. The number of ether oxygens (including phenoxy) is 1. The summed E-state index contributed by atoms with van der Waals surface area (Å²) < 4.78 is 5.90. The Kier molecular flexibility index (Phi) is 6.40. The van der Waals surface area contributed by atoms with Gasteiger partial charge in [0.15, 0.2) is 0 Å². The molecule has 0 saturated carbocycles. The number of hydrogen-bond acceptors (Lipinski definition) is 5. The van der Waals surface area contributed by atoms with E-state index in [1.54, 1.807) is 6.07 Å². The number of nitro groups is 1. The predicted molar refractivity (Wildman–Crippen MR) is 76.0 cm³/mol. The van der Waals surface area contributed by atoms with Gasteiger partial charge in [-0.2, -0.15) is 0 Å². The van der Waals surface area contributed by atoms with E-state index in [0.29, 0.717) is 16.8 Å². The molecule has 1 atom stereocenters. The topological polar surface area (TPSA) is 102 Å². The Labute approximate surface area is 124 Å². The van der Waals surface area contributed by atoms with Crippen molar-refractivity contribution < 1.29 is 19.6 Å². The van der Waals surface area contributed by atoms with Crippen LogP contribution in [0.25, 0.3) is 0 Å². The Morgan fingerprint density at radius 2 is 2.25 bits per heavy atom. The zero-order valence-corrected chi connectivity index (χ0v) is 12.4. The van der Waals surface area contributed by atoms with Crippen LogP contribution in [0, 0.1) is 10.1 Å². The van der Waals surface area contributed by atoms with E-state index in [9.17, 15) is 14.9 Å². The lowest BCUT2D eigenvalue weighted by molar-refractivity contribution is -0.385. The molecular formula is C12H15BrN2O5. The smallest absolute Gasteiger partial charge is 0.320 e. The van der Waals surface area contributed by atoms with Crippen molar-refractivity contribution in [3.8, 4) is 5.75 Å². The molecule has 0 aliphatic heterocycles. The number of carboxylic acid groups (broad SMARTS) is 1. The minimum atomic E-state index is -0.948. The van der Waals surface area contributed by atoms with Crippen LogP contribution in [-0.2, 0) is 4.79 Å². The highest BCUT2D eigenvalue weighted by molar-refractivity contribution is 9.10. The van der Waals surface area contributed by atoms with E-state index < -0.39 is 16.9 Å². The van der Waals surface area contributed by atoms with Crippen molar-refractivity contribution >= 4 is 27.6 Å². The molecule has 110 valence electrons. The molecule has 0 radical (unpaired) electrons. The number of likely N-dealkylation sites (N-methyl/N-ethyl adjacent to an activating group) is 1. The molecule has 0 spiro atoms. The van der Waals surface area contributed by atoms with Gasteiger partial charge in [-0.3, -0.25) is 14.9 Å². The highest BCUT2D eigenvalue weighted by Crippen LogP contribution is 2.26. The SMILES string of the molecule is CCNC(CCOc1cc(Br)cc([N+](=O)[O-])c1)C(=O)O. The van der Waals surface area contributed by atoms with E-state index in [0.717, 1.165) is 0 Å². The molecule has 0 aliphatic carbocycles. The lowest BCUT2D eigenvalue weighted by Crippen LogP contribution is -2.37. The number of nitrogens with one attached hydrogen (secondary N) is 1. The molecule has 1 rings (SSSR count). The molecule has 1 aromatic carbocycles. The van der Waals surface area contributed by atoms with Crippen molar-refractivity contribution in [1.82, 2.24) is 5.32 Å². The van der Waals surface area contributed by atoms with Gasteiger partial charge in [-0.1, -0.05) is 22.9 Å². The fourth-order valence-electron chi connectivity index (χ4n) is 1.59. The number of non-ortho nitro benzene ring substituents is 1. The maximum absolute atomic E-state index is 10.9. The second-order valence-electron chi connectivity index (χ2n) is 3.99. The van der Waals surface area contributed by atoms with Gasteiger partial charge >= 0.3 is 5.97 Å². The maximum atomic E-state index is 10.9. The summed E-state index contributed by atoms with van der Waals surface area (Å²) in [4.78, 5) is 21.1. The lowest BCUT2D eigenvalue weighted by atomic mass is 10.2. The maximum Gasteiger partial charge on any atom is 0.320 e. The summed E-state index contributed by atoms with van der Waals surface area (Å²) in [5, 5.41) is 22.5. The van der Waals surface area contributed by atoms with Gasteiger partial charge in [0, 0.05) is 17.0 Å². The molecule has 7 nitrogen and oxygen atoms in total. The van der Waals surface area contributed by atoms with E-state index in [1.165, 1.54) is 12.1 Å². The standard InChI is InChI=1S/C12H15BrN2O5/c1-2-14-11(12(16)17)3-4-20-10-6-8(13)5-9(7-10)15(18)19/h5-7,11,14H,2-4H2,1H3,(H,16,17). The first-order chi connectivity index (χ1) is 9.43. The highest BCUT2D eigenvalue weighted by Gasteiger charge is 2.16. The molecule has 1 aromatic rings. The van der Waals surface area contributed by atoms with Crippen LogP contribution in [0.5, 0.6) is 5.75 Å². The van der Waals surface area contributed by atoms with Crippen LogP contribution in [-0.4, -0.2) is 35.2 Å². The van der Waals surface area contributed by atoms with Crippen molar-refractivity contribution in [2.24, 2.45) is 0 Å². The summed E-state index contributed by atoms with van der Waals surface area (Å²) >= 11 is 3.16. The lowest BCUT2D eigenvalue weighted by Gasteiger charge is -2.13. The Balaban J connectivity index is 2.61. The molecule has 8 heteroatoms. The molecule has 0 amide bonds. The normalized spacial score (nSPS) is 11.9. The summed E-state index contributed by atoms with van der Waals surface area (Å²) in [6, 6.07) is 3.57. The van der Waals surface area contributed by atoms with Crippen LogP contribution in [0.1, 0.15) is 13.3 Å². The molecule has 0 bridgehead atoms. The number of nitro benzene ring substituents is 1. The minimum absolute atomic E-state index is 0.0872. The first kappa shape index (κ1) is 16.4. The van der Waals surface area contributed by atoms with Gasteiger partial charge in [-0.05, 0) is 12.6 Å². The van der Waals surface area contributed by atoms with Crippen molar-refractivity contribution in [3.63, 3.8) is 0 Å². The van der Waals surface area contributed by atoms with Gasteiger partial charge in [-0.25, -0.2) is 0 Å². The van der Waals surface area contributed by atoms with Crippen LogP contribution in [0.2, 0.25) is 0 Å². The van der Waals surface area contributed by atoms with E-state index in [2.05, 4.69) is 21.2 Å². The third-order valence-corrected chi connectivity index (χ3v) is 2.95. The van der Waals surface area contributed by atoms with E-state index in [-0.39, 0.29) is 18.7 Å². The molecule has 0 saturated heterocycles. The number of rotatable bonds is 8. The van der Waals surface area contributed by atoms with Gasteiger partial charge in [0.25, 0.3) is 5.69 Å². The number of aliphatic carboxylic acids is 1. The van der Waals surface area contributed by atoms with Crippen LogP contribution < -0.4 is 10.1 Å². The number of carboxylic acids is 1. The Bertz CT molecular complexity index is 495. The fraction of sp³-hybridized carbons (Fsp3) is 0.417. The molecule has 0 aliphatic rings. The van der Waals surface area contributed by atoms with E-state index in [4.69, 9.17) is 9.84 Å². The fourth-order valence-corrected chi connectivity index (χ4v) is 2.05. The summed E-state index contributed by atoms with van der Waals surface area (Å²) in [6.45, 7) is 2.51. The number of benzene rings is 1. The third-order valence-electron chi connectivity index (χ3n) is 2.49. The molecule has 20 heavy (non-hydrogen) atoms. The third kappa shape index (κ3) is 5.14. The van der Waals surface area contributed by atoms with Crippen LogP contribution >= 0.6 is 15.9 Å². The molecular weight excluding hydrogens is 332 g/mol. The summed E-state index contributed by atoms with van der Waals surface area (Å²) in [5.41, 5.74) is -0.0872. The summed E-state index contributed by atoms with van der Waals surface area (Å²) in [5.74, 6) is -0.623. The average Bonchev–Trinajstić information content (AvgIpc) is 2.36.